The summed E-state index contributed by atoms with van der Waals surface area (Å²) in [5.74, 6) is 0.866. The molecule has 7 nitrogen and oxygen atoms in total. The van der Waals surface area contributed by atoms with Crippen LogP contribution >= 0.6 is 0 Å². The van der Waals surface area contributed by atoms with Crippen molar-refractivity contribution in [2.24, 2.45) is 5.92 Å². The van der Waals surface area contributed by atoms with Crippen LogP contribution in [0, 0.1) is 5.92 Å². The summed E-state index contributed by atoms with van der Waals surface area (Å²) >= 11 is 0. The summed E-state index contributed by atoms with van der Waals surface area (Å²) in [5, 5.41) is 2.83. The van der Waals surface area contributed by atoms with Gasteiger partial charge in [-0.2, -0.15) is 0 Å². The Hall–Kier alpha value is -3.22. The van der Waals surface area contributed by atoms with Crippen molar-refractivity contribution < 1.29 is 28.5 Å². The molecule has 1 aliphatic rings. The van der Waals surface area contributed by atoms with Gasteiger partial charge in [-0.3, -0.25) is 4.79 Å². The first kappa shape index (κ1) is 20.5. The zero-order chi connectivity index (χ0) is 21.0. The molecule has 154 valence electrons. The smallest absolute Gasteiger partial charge is 0.344 e. The molecule has 0 fully saturated rings. The fourth-order valence-electron chi connectivity index (χ4n) is 3.19. The first-order valence-corrected chi connectivity index (χ1v) is 9.40. The molecule has 0 aliphatic carbocycles. The third kappa shape index (κ3) is 4.29. The summed E-state index contributed by atoms with van der Waals surface area (Å²) in [7, 11) is 3.03. The second-order valence-electron chi connectivity index (χ2n) is 7.06. The molecule has 0 aromatic heterocycles. The Bertz CT molecular complexity index is 922. The van der Waals surface area contributed by atoms with Crippen molar-refractivity contribution >= 4 is 11.9 Å². The van der Waals surface area contributed by atoms with Gasteiger partial charge < -0.3 is 24.3 Å². The largest absolute Gasteiger partial charge is 0.493 e. The summed E-state index contributed by atoms with van der Waals surface area (Å²) in [6.45, 7) is 4.40. The highest BCUT2D eigenvalue weighted by atomic mass is 16.6. The van der Waals surface area contributed by atoms with E-state index in [1.54, 1.807) is 12.1 Å². The molecule has 1 N–H and O–H groups in total. The predicted octanol–water partition coefficient (Wildman–Crippen LogP) is 3.19. The van der Waals surface area contributed by atoms with E-state index in [0.717, 1.165) is 11.1 Å². The topological polar surface area (TPSA) is 83.1 Å². The highest BCUT2D eigenvalue weighted by molar-refractivity contribution is 6.01. The van der Waals surface area contributed by atoms with E-state index in [-0.39, 0.29) is 18.4 Å². The lowest BCUT2D eigenvalue weighted by molar-refractivity contribution is -0.147. The fraction of sp³-hybridized carbons (Fsp3) is 0.364. The van der Waals surface area contributed by atoms with Crippen LogP contribution in [-0.4, -0.2) is 39.3 Å². The quantitative estimate of drug-likeness (QED) is 0.687. The van der Waals surface area contributed by atoms with Crippen LogP contribution in [0.2, 0.25) is 0 Å². The Morgan fingerprint density at radius 3 is 2.48 bits per heavy atom. The molecular formula is C22H25NO6. The molecule has 2 aromatic carbocycles. The summed E-state index contributed by atoms with van der Waals surface area (Å²) in [6, 6.07) is 9.10. The molecular weight excluding hydrogens is 374 g/mol. The molecule has 1 amide bonds. The van der Waals surface area contributed by atoms with Crippen LogP contribution in [-0.2, 0) is 16.1 Å². The van der Waals surface area contributed by atoms with Crippen molar-refractivity contribution in [3.05, 3.63) is 41.5 Å². The maximum absolute atomic E-state index is 12.1. The van der Waals surface area contributed by atoms with Crippen molar-refractivity contribution in [3.63, 3.8) is 0 Å². The molecule has 1 aliphatic heterocycles. The molecule has 3 rings (SSSR count). The van der Waals surface area contributed by atoms with E-state index in [0.29, 0.717) is 41.5 Å². The highest BCUT2D eigenvalue weighted by Gasteiger charge is 2.26. The zero-order valence-corrected chi connectivity index (χ0v) is 17.0. The van der Waals surface area contributed by atoms with E-state index in [2.05, 4.69) is 5.32 Å². The number of nitrogens with one attached hydrogen (secondary N) is 1. The van der Waals surface area contributed by atoms with Crippen molar-refractivity contribution in [3.8, 4) is 28.4 Å². The second kappa shape index (κ2) is 8.86. The second-order valence-corrected chi connectivity index (χ2v) is 7.06. The van der Waals surface area contributed by atoms with E-state index in [4.69, 9.17) is 18.9 Å². The molecule has 0 radical (unpaired) electrons. The first-order chi connectivity index (χ1) is 14.0. The standard InChI is InChI=1S/C22H25NO6/c1-13(2)11-28-19(24)12-29-20-15(8-9-18(26-3)21(20)27-4)14-6-5-7-16-17(14)10-23-22(16)25/h5-9,13H,10-12H2,1-4H3,(H,23,25). The van der Waals surface area contributed by atoms with Crippen molar-refractivity contribution in [2.75, 3.05) is 27.4 Å². The predicted molar refractivity (Wildman–Crippen MR) is 107 cm³/mol. The summed E-state index contributed by atoms with van der Waals surface area (Å²) in [4.78, 5) is 24.1. The van der Waals surface area contributed by atoms with Gasteiger partial charge in [0.1, 0.15) is 0 Å². The molecule has 7 heteroatoms. The van der Waals surface area contributed by atoms with Crippen molar-refractivity contribution in [1.29, 1.82) is 0 Å². The van der Waals surface area contributed by atoms with E-state index in [9.17, 15) is 9.59 Å². The molecule has 29 heavy (non-hydrogen) atoms. The molecule has 0 unspecified atom stereocenters. The lowest BCUT2D eigenvalue weighted by Gasteiger charge is -2.19. The Kier molecular flexibility index (Phi) is 6.26. The van der Waals surface area contributed by atoms with Crippen LogP contribution in [0.3, 0.4) is 0 Å². The van der Waals surface area contributed by atoms with Gasteiger partial charge in [0, 0.05) is 17.7 Å². The van der Waals surface area contributed by atoms with Gasteiger partial charge in [0.2, 0.25) is 5.75 Å². The number of benzene rings is 2. The van der Waals surface area contributed by atoms with Crippen molar-refractivity contribution in [2.45, 2.75) is 20.4 Å². The van der Waals surface area contributed by atoms with Gasteiger partial charge in [0.05, 0.1) is 20.8 Å². The zero-order valence-electron chi connectivity index (χ0n) is 17.0. The average Bonchev–Trinajstić information content (AvgIpc) is 3.11. The average molecular weight is 399 g/mol. The number of hydrogen-bond donors (Lipinski definition) is 1. The van der Waals surface area contributed by atoms with Crippen LogP contribution in [0.1, 0.15) is 29.8 Å². The van der Waals surface area contributed by atoms with Crippen LogP contribution in [0.4, 0.5) is 0 Å². The molecule has 2 aromatic rings. The highest BCUT2D eigenvalue weighted by Crippen LogP contribution is 2.46. The minimum atomic E-state index is -0.468. The number of carbonyl (C=O) groups is 2. The molecule has 1 heterocycles. The number of amides is 1. The molecule has 0 saturated heterocycles. The van der Waals surface area contributed by atoms with Gasteiger partial charge >= 0.3 is 5.97 Å². The van der Waals surface area contributed by atoms with Crippen LogP contribution in [0.5, 0.6) is 17.2 Å². The SMILES string of the molecule is COc1ccc(-c2cccc3c2CNC3=O)c(OCC(=O)OCC(C)C)c1OC. The third-order valence-corrected chi connectivity index (χ3v) is 4.55. The lowest BCUT2D eigenvalue weighted by Crippen LogP contribution is -2.18. The Morgan fingerprint density at radius 1 is 1.03 bits per heavy atom. The normalized spacial score (nSPS) is 12.4. The monoisotopic (exact) mass is 399 g/mol. The molecule has 0 spiro atoms. The summed E-state index contributed by atoms with van der Waals surface area (Å²) in [5.41, 5.74) is 3.02. The van der Waals surface area contributed by atoms with E-state index in [1.165, 1.54) is 14.2 Å². The van der Waals surface area contributed by atoms with Crippen LogP contribution in [0.25, 0.3) is 11.1 Å². The number of ether oxygens (including phenoxy) is 4. The number of rotatable bonds is 8. The Balaban J connectivity index is 2.00. The molecule has 0 atom stereocenters. The summed E-state index contributed by atoms with van der Waals surface area (Å²) in [6.07, 6.45) is 0. The Labute approximate surface area is 169 Å². The molecule has 0 saturated carbocycles. The lowest BCUT2D eigenvalue weighted by atomic mass is 9.95. The first-order valence-electron chi connectivity index (χ1n) is 9.40. The maximum atomic E-state index is 12.1. The number of esters is 1. The van der Waals surface area contributed by atoms with Gasteiger partial charge in [0.15, 0.2) is 18.1 Å². The van der Waals surface area contributed by atoms with Crippen LogP contribution in [0.15, 0.2) is 30.3 Å². The molecule has 0 bridgehead atoms. The maximum Gasteiger partial charge on any atom is 0.344 e. The number of carbonyl (C=O) groups excluding carboxylic acids is 2. The van der Waals surface area contributed by atoms with Gasteiger partial charge in [-0.05, 0) is 35.2 Å². The minimum absolute atomic E-state index is 0.109. The fourth-order valence-corrected chi connectivity index (χ4v) is 3.19. The van der Waals surface area contributed by atoms with Crippen molar-refractivity contribution in [1.82, 2.24) is 5.32 Å². The van der Waals surface area contributed by atoms with Gasteiger partial charge in [-0.1, -0.05) is 26.0 Å². The Morgan fingerprint density at radius 2 is 1.79 bits per heavy atom. The van der Waals surface area contributed by atoms with Gasteiger partial charge in [-0.15, -0.1) is 0 Å². The minimum Gasteiger partial charge on any atom is -0.493 e. The van der Waals surface area contributed by atoms with E-state index in [1.807, 2.05) is 32.0 Å². The number of hydrogen-bond acceptors (Lipinski definition) is 6. The number of methoxy groups -OCH3 is 2. The van der Waals surface area contributed by atoms with E-state index < -0.39 is 5.97 Å². The van der Waals surface area contributed by atoms with E-state index >= 15 is 0 Å². The van der Waals surface area contributed by atoms with Crippen LogP contribution < -0.4 is 19.5 Å². The van der Waals surface area contributed by atoms with Gasteiger partial charge in [0.25, 0.3) is 5.91 Å². The summed E-state index contributed by atoms with van der Waals surface area (Å²) < 4.78 is 21.9. The third-order valence-electron chi connectivity index (χ3n) is 4.55. The number of fused-ring (bicyclic) bond motifs is 1. The van der Waals surface area contributed by atoms with Gasteiger partial charge in [-0.25, -0.2) is 4.79 Å².